The van der Waals surface area contributed by atoms with Gasteiger partial charge in [-0.05, 0) is 60.5 Å². The largest absolute Gasteiger partial charge is 0.347 e. The van der Waals surface area contributed by atoms with E-state index in [2.05, 4.69) is 5.32 Å². The smallest absolute Gasteiger partial charge is 0.294 e. The van der Waals surface area contributed by atoms with Crippen LogP contribution in [0.1, 0.15) is 34.9 Å². The highest BCUT2D eigenvalue weighted by Gasteiger charge is 2.38. The minimum atomic E-state index is -0.406. The number of imide groups is 1. The molecule has 1 saturated carbocycles. The van der Waals surface area contributed by atoms with Gasteiger partial charge in [0.15, 0.2) is 0 Å². The second-order valence-electron chi connectivity index (χ2n) is 7.08. The zero-order valence-corrected chi connectivity index (χ0v) is 17.0. The number of nitrogens with one attached hydrogen (secondary N) is 1. The lowest BCUT2D eigenvalue weighted by atomic mass is 10.0. The minimum absolute atomic E-state index is 0.0744. The summed E-state index contributed by atoms with van der Waals surface area (Å²) in [6, 6.07) is 11.8. The molecule has 1 unspecified atom stereocenters. The summed E-state index contributed by atoms with van der Waals surface area (Å²) < 4.78 is 0. The van der Waals surface area contributed by atoms with Gasteiger partial charge in [0.2, 0.25) is 5.91 Å². The zero-order valence-electron chi connectivity index (χ0n) is 15.4. The maximum Gasteiger partial charge on any atom is 0.294 e. The number of thioether (sulfide) groups is 1. The van der Waals surface area contributed by atoms with Gasteiger partial charge in [-0.15, -0.1) is 11.3 Å². The topological polar surface area (TPSA) is 66.5 Å². The van der Waals surface area contributed by atoms with E-state index in [0.717, 1.165) is 39.9 Å². The third kappa shape index (κ3) is 4.20. The van der Waals surface area contributed by atoms with Gasteiger partial charge in [-0.3, -0.25) is 19.3 Å². The highest BCUT2D eigenvalue weighted by molar-refractivity contribution is 8.18. The number of carbonyl (C=O) groups is 3. The molecule has 1 saturated heterocycles. The SMILES string of the molecule is Cc1ccc(C(NC(=O)CN2C(=O)S/C(=C\c3cccs3)C2=O)C2CC2)cc1. The van der Waals surface area contributed by atoms with Crippen LogP contribution in [0.15, 0.2) is 46.7 Å². The number of nitrogens with zero attached hydrogens (tertiary/aromatic N) is 1. The van der Waals surface area contributed by atoms with Gasteiger partial charge in [-0.1, -0.05) is 35.9 Å². The monoisotopic (exact) mass is 412 g/mol. The third-order valence-corrected chi connectivity index (χ3v) is 6.56. The van der Waals surface area contributed by atoms with Crippen LogP contribution in [-0.2, 0) is 9.59 Å². The van der Waals surface area contributed by atoms with Gasteiger partial charge in [0, 0.05) is 4.88 Å². The lowest BCUT2D eigenvalue weighted by Crippen LogP contribution is -2.41. The summed E-state index contributed by atoms with van der Waals surface area (Å²) in [7, 11) is 0. The molecule has 1 aliphatic heterocycles. The molecule has 1 aromatic carbocycles. The van der Waals surface area contributed by atoms with Crippen molar-refractivity contribution in [2.75, 3.05) is 6.54 Å². The predicted molar refractivity (Wildman–Crippen MR) is 112 cm³/mol. The third-order valence-electron chi connectivity index (χ3n) is 4.84. The van der Waals surface area contributed by atoms with Crippen molar-refractivity contribution in [3.63, 3.8) is 0 Å². The van der Waals surface area contributed by atoms with Crippen molar-refractivity contribution in [1.29, 1.82) is 0 Å². The molecule has 0 bridgehead atoms. The summed E-state index contributed by atoms with van der Waals surface area (Å²) >= 11 is 2.38. The van der Waals surface area contributed by atoms with Gasteiger partial charge >= 0.3 is 0 Å². The van der Waals surface area contributed by atoms with Crippen LogP contribution in [0.3, 0.4) is 0 Å². The summed E-state index contributed by atoms with van der Waals surface area (Å²) in [5.74, 6) is -0.297. The predicted octanol–water partition coefficient (Wildman–Crippen LogP) is 4.36. The minimum Gasteiger partial charge on any atom is -0.347 e. The van der Waals surface area contributed by atoms with E-state index in [-0.39, 0.29) is 18.5 Å². The van der Waals surface area contributed by atoms with Crippen molar-refractivity contribution in [3.8, 4) is 0 Å². The van der Waals surface area contributed by atoms with Gasteiger partial charge in [0.25, 0.3) is 11.1 Å². The van der Waals surface area contributed by atoms with Gasteiger partial charge < -0.3 is 5.32 Å². The second kappa shape index (κ2) is 7.93. The Labute approximate surface area is 171 Å². The average Bonchev–Trinajstić information content (AvgIpc) is 3.33. The fourth-order valence-electron chi connectivity index (χ4n) is 3.18. The van der Waals surface area contributed by atoms with Crippen molar-refractivity contribution in [3.05, 3.63) is 62.7 Å². The molecule has 1 N–H and O–H groups in total. The number of benzene rings is 1. The molecule has 4 rings (SSSR count). The van der Waals surface area contributed by atoms with Gasteiger partial charge in [0.05, 0.1) is 10.9 Å². The van der Waals surface area contributed by atoms with E-state index >= 15 is 0 Å². The molecule has 7 heteroatoms. The van der Waals surface area contributed by atoms with Crippen molar-refractivity contribution in [2.24, 2.45) is 5.92 Å². The van der Waals surface area contributed by atoms with E-state index in [1.807, 2.05) is 48.7 Å². The van der Waals surface area contributed by atoms with Crippen molar-refractivity contribution in [2.45, 2.75) is 25.8 Å². The fraction of sp³-hybridized carbons (Fsp3) is 0.286. The molecule has 2 aliphatic rings. The van der Waals surface area contributed by atoms with Gasteiger partial charge in [-0.2, -0.15) is 0 Å². The quantitative estimate of drug-likeness (QED) is 0.716. The average molecular weight is 413 g/mol. The lowest BCUT2D eigenvalue weighted by molar-refractivity contribution is -0.129. The van der Waals surface area contributed by atoms with Crippen molar-refractivity contribution >= 4 is 46.2 Å². The number of thiophene rings is 1. The number of hydrogen-bond acceptors (Lipinski definition) is 5. The first-order valence-corrected chi connectivity index (χ1v) is 10.9. The molecule has 28 heavy (non-hydrogen) atoms. The van der Waals surface area contributed by atoms with Crippen molar-refractivity contribution in [1.82, 2.24) is 10.2 Å². The number of aryl methyl sites for hydroxylation is 1. The van der Waals surface area contributed by atoms with E-state index < -0.39 is 11.1 Å². The molecule has 5 nitrogen and oxygen atoms in total. The molecular formula is C21H20N2O3S2. The summed E-state index contributed by atoms with van der Waals surface area (Å²) in [5, 5.41) is 4.54. The summed E-state index contributed by atoms with van der Waals surface area (Å²) in [4.78, 5) is 39.7. The fourth-order valence-corrected chi connectivity index (χ4v) is 4.74. The molecule has 1 aromatic heterocycles. The maximum absolute atomic E-state index is 12.6. The zero-order chi connectivity index (χ0) is 19.7. The Morgan fingerprint density at radius 1 is 1.25 bits per heavy atom. The van der Waals surface area contributed by atoms with Crippen LogP contribution in [0, 0.1) is 12.8 Å². The number of rotatable bonds is 6. The molecule has 0 spiro atoms. The lowest BCUT2D eigenvalue weighted by Gasteiger charge is -2.20. The number of amides is 3. The normalized spacial score (nSPS) is 19.3. The Balaban J connectivity index is 1.43. The highest BCUT2D eigenvalue weighted by Crippen LogP contribution is 2.41. The first kappa shape index (κ1) is 19.0. The van der Waals surface area contributed by atoms with Crippen LogP contribution in [0.4, 0.5) is 4.79 Å². The number of hydrogen-bond donors (Lipinski definition) is 1. The molecule has 0 radical (unpaired) electrons. The van der Waals surface area contributed by atoms with Crippen molar-refractivity contribution < 1.29 is 14.4 Å². The first-order chi connectivity index (χ1) is 13.5. The molecular weight excluding hydrogens is 392 g/mol. The van der Waals surface area contributed by atoms with Crippen LogP contribution >= 0.6 is 23.1 Å². The maximum atomic E-state index is 12.6. The molecule has 3 amide bonds. The second-order valence-corrected chi connectivity index (χ2v) is 9.05. The summed E-state index contributed by atoms with van der Waals surface area (Å²) in [6.07, 6.45) is 3.85. The van der Waals surface area contributed by atoms with E-state index in [0.29, 0.717) is 10.8 Å². The standard InChI is InChI=1S/C21H20N2O3S2/c1-13-4-6-14(7-5-13)19(15-8-9-15)22-18(24)12-23-20(25)17(28-21(23)26)11-16-3-2-10-27-16/h2-7,10-11,15,19H,8-9,12H2,1H3,(H,22,24)/b17-11-. The van der Waals surface area contributed by atoms with Crippen LogP contribution in [-0.4, -0.2) is 28.5 Å². The Morgan fingerprint density at radius 2 is 2.00 bits per heavy atom. The molecule has 2 heterocycles. The Bertz CT molecular complexity index is 931. The Kier molecular flexibility index (Phi) is 5.37. The molecule has 2 aromatic rings. The van der Waals surface area contributed by atoms with E-state index in [9.17, 15) is 14.4 Å². The first-order valence-electron chi connectivity index (χ1n) is 9.16. The van der Waals surface area contributed by atoms with Crippen LogP contribution in [0.25, 0.3) is 6.08 Å². The van der Waals surface area contributed by atoms with E-state index in [1.165, 1.54) is 16.9 Å². The van der Waals surface area contributed by atoms with Gasteiger partial charge in [-0.25, -0.2) is 0 Å². The Morgan fingerprint density at radius 3 is 2.64 bits per heavy atom. The summed E-state index contributed by atoms with van der Waals surface area (Å²) in [6.45, 7) is 1.78. The molecule has 1 atom stereocenters. The van der Waals surface area contributed by atoms with Crippen LogP contribution in [0.5, 0.6) is 0 Å². The molecule has 144 valence electrons. The van der Waals surface area contributed by atoms with E-state index in [1.54, 1.807) is 6.08 Å². The Hall–Kier alpha value is -2.38. The van der Waals surface area contributed by atoms with Gasteiger partial charge in [0.1, 0.15) is 6.54 Å². The van der Waals surface area contributed by atoms with Crippen LogP contribution in [0.2, 0.25) is 0 Å². The summed E-state index contributed by atoms with van der Waals surface area (Å²) in [5.41, 5.74) is 2.23. The highest BCUT2D eigenvalue weighted by atomic mass is 32.2. The number of carbonyl (C=O) groups excluding carboxylic acids is 3. The van der Waals surface area contributed by atoms with E-state index in [4.69, 9.17) is 0 Å². The molecule has 1 aliphatic carbocycles. The van der Waals surface area contributed by atoms with Crippen LogP contribution < -0.4 is 5.32 Å². The molecule has 2 fully saturated rings.